The Labute approximate surface area is 97.3 Å². The van der Waals surface area contributed by atoms with E-state index in [9.17, 15) is 0 Å². The summed E-state index contributed by atoms with van der Waals surface area (Å²) in [6.07, 6.45) is 11.9. The summed E-state index contributed by atoms with van der Waals surface area (Å²) in [6.45, 7) is 4.42. The van der Waals surface area contributed by atoms with Gasteiger partial charge < -0.3 is 0 Å². The third-order valence-electron chi connectivity index (χ3n) is 3.57. The van der Waals surface area contributed by atoms with Crippen LogP contribution in [0.15, 0.2) is 24.3 Å². The topological polar surface area (TPSA) is 0 Å². The fraction of sp³-hybridized carbons (Fsp3) is 0.733. The summed E-state index contributed by atoms with van der Waals surface area (Å²) in [7, 11) is 0. The highest BCUT2D eigenvalue weighted by molar-refractivity contribution is 5.00. The Bertz CT molecular complexity index is 308. The summed E-state index contributed by atoms with van der Waals surface area (Å²) in [5.74, 6) is 2.00. The van der Waals surface area contributed by atoms with Crippen molar-refractivity contribution < 1.29 is 2.74 Å². The van der Waals surface area contributed by atoms with Crippen LogP contribution in [0.5, 0.6) is 0 Å². The lowest BCUT2D eigenvalue weighted by molar-refractivity contribution is 0.325. The molecule has 0 heterocycles. The highest BCUT2D eigenvalue weighted by atomic mass is 14.3. The molecule has 0 heteroatoms. The van der Waals surface area contributed by atoms with Gasteiger partial charge in [0.2, 0.25) is 0 Å². The van der Waals surface area contributed by atoms with Crippen molar-refractivity contribution in [1.82, 2.24) is 0 Å². The van der Waals surface area contributed by atoms with Crippen molar-refractivity contribution in [3.8, 4) is 0 Å². The molecule has 0 aromatic rings. The van der Waals surface area contributed by atoms with Crippen LogP contribution in [0.3, 0.4) is 0 Å². The maximum atomic E-state index is 8.16. The average Bonchev–Trinajstić information content (AvgIpc) is 2.27. The van der Waals surface area contributed by atoms with E-state index in [1.165, 1.54) is 0 Å². The monoisotopic (exact) mass is 208 g/mol. The van der Waals surface area contributed by atoms with E-state index >= 15 is 0 Å². The SMILES string of the molecule is [3H]C1C=CC(C)CC1CC1C=CC(C)CC1[3H]. The van der Waals surface area contributed by atoms with E-state index in [0.717, 1.165) is 19.3 Å². The lowest BCUT2D eigenvalue weighted by Gasteiger charge is -2.27. The Balaban J connectivity index is 1.96. The largest absolute Gasteiger partial charge is 0.0880 e. The van der Waals surface area contributed by atoms with Crippen LogP contribution in [0.4, 0.5) is 0 Å². The van der Waals surface area contributed by atoms with E-state index in [1.807, 2.05) is 6.08 Å². The predicted molar refractivity (Wildman–Crippen MR) is 66.7 cm³/mol. The molecule has 0 fully saturated rings. The number of rotatable bonds is 2. The van der Waals surface area contributed by atoms with Crippen molar-refractivity contribution in [3.05, 3.63) is 24.3 Å². The lowest BCUT2D eigenvalue weighted by Crippen LogP contribution is -2.15. The number of hydrogen-bond acceptors (Lipinski definition) is 0. The second kappa shape index (κ2) is 5.01. The fourth-order valence-corrected chi connectivity index (χ4v) is 2.62. The van der Waals surface area contributed by atoms with Crippen LogP contribution < -0.4 is 0 Å². The van der Waals surface area contributed by atoms with Crippen molar-refractivity contribution >= 4 is 0 Å². The minimum atomic E-state index is -0.0499. The molecule has 0 amide bonds. The van der Waals surface area contributed by atoms with Gasteiger partial charge in [-0.05, 0) is 55.7 Å². The summed E-state index contributed by atoms with van der Waals surface area (Å²) in [5.41, 5.74) is 0. The van der Waals surface area contributed by atoms with Gasteiger partial charge in [0.05, 0.1) is 0 Å². The molecule has 6 atom stereocenters. The molecule has 2 aliphatic rings. The molecule has 0 saturated carbocycles. The molecular formula is C15H24. The smallest absolute Gasteiger partial charge is 0.0312 e. The summed E-state index contributed by atoms with van der Waals surface area (Å²) in [5, 5.41) is 0. The molecule has 0 aromatic carbocycles. The van der Waals surface area contributed by atoms with Crippen molar-refractivity contribution in [1.29, 1.82) is 0 Å². The summed E-state index contributed by atoms with van der Waals surface area (Å²) < 4.78 is 16.2. The van der Waals surface area contributed by atoms with Gasteiger partial charge in [0.15, 0.2) is 0 Å². The van der Waals surface area contributed by atoms with Crippen LogP contribution in [0.2, 0.25) is 0 Å². The Kier molecular flexibility index (Phi) is 2.87. The standard InChI is InChI=1S/C15H24/c1-12-6-8-14(9-7-12)11-15-5-3-4-13(2)10-15/h3-4,6,8,12-15H,5,7,9-11H2,1-2H3/i5T,9T. The summed E-state index contributed by atoms with van der Waals surface area (Å²) >= 11 is 0. The van der Waals surface area contributed by atoms with Crippen molar-refractivity contribution in [2.75, 3.05) is 0 Å². The van der Waals surface area contributed by atoms with Gasteiger partial charge in [0.1, 0.15) is 0 Å². The van der Waals surface area contributed by atoms with Gasteiger partial charge >= 0.3 is 0 Å². The normalized spacial score (nSPS) is 52.4. The second-order valence-electron chi connectivity index (χ2n) is 5.28. The third-order valence-corrected chi connectivity index (χ3v) is 3.57. The third kappa shape index (κ3) is 3.22. The first-order chi connectivity index (χ1) is 8.06. The molecule has 0 spiro atoms. The number of hydrogen-bond donors (Lipinski definition) is 0. The summed E-state index contributed by atoms with van der Waals surface area (Å²) in [4.78, 5) is 0. The molecule has 0 nitrogen and oxygen atoms in total. The van der Waals surface area contributed by atoms with Gasteiger partial charge in [-0.15, -0.1) is 0 Å². The molecule has 0 N–H and O–H groups in total. The van der Waals surface area contributed by atoms with E-state index in [2.05, 4.69) is 32.1 Å². The first-order valence-corrected chi connectivity index (χ1v) is 6.27. The van der Waals surface area contributed by atoms with Crippen LogP contribution in [0.1, 0.15) is 48.6 Å². The molecule has 84 valence electrons. The maximum absolute atomic E-state index is 8.16. The van der Waals surface area contributed by atoms with Crippen LogP contribution >= 0.6 is 0 Å². The van der Waals surface area contributed by atoms with E-state index in [0.29, 0.717) is 23.7 Å². The molecule has 2 rings (SSSR count). The van der Waals surface area contributed by atoms with Gasteiger partial charge in [-0.25, -0.2) is 0 Å². The van der Waals surface area contributed by atoms with Crippen molar-refractivity contribution in [2.45, 2.75) is 45.9 Å². The van der Waals surface area contributed by atoms with Crippen LogP contribution in [0, 0.1) is 23.7 Å². The first kappa shape index (κ1) is 8.61. The average molecular weight is 208 g/mol. The minimum Gasteiger partial charge on any atom is -0.0880 e. The zero-order chi connectivity index (χ0) is 12.4. The van der Waals surface area contributed by atoms with Crippen molar-refractivity contribution in [3.63, 3.8) is 0 Å². The Morgan fingerprint density at radius 2 is 2.07 bits per heavy atom. The van der Waals surface area contributed by atoms with Gasteiger partial charge in [-0.3, -0.25) is 0 Å². The fourth-order valence-electron chi connectivity index (χ4n) is 2.62. The molecule has 15 heavy (non-hydrogen) atoms. The highest BCUT2D eigenvalue weighted by Gasteiger charge is 2.20. The molecule has 2 aliphatic carbocycles. The first-order valence-electron chi connectivity index (χ1n) is 7.43. The zero-order valence-electron chi connectivity index (χ0n) is 11.9. The van der Waals surface area contributed by atoms with Crippen LogP contribution in [-0.4, -0.2) is 0 Å². The van der Waals surface area contributed by atoms with Gasteiger partial charge in [0, 0.05) is 2.74 Å². The van der Waals surface area contributed by atoms with Crippen LogP contribution in [0.25, 0.3) is 0 Å². The van der Waals surface area contributed by atoms with E-state index < -0.39 is 0 Å². The molecule has 0 radical (unpaired) electrons. The zero-order valence-corrected chi connectivity index (χ0v) is 9.89. The maximum Gasteiger partial charge on any atom is 0.0312 e. The Morgan fingerprint density at radius 1 is 1.20 bits per heavy atom. The Morgan fingerprint density at radius 3 is 2.87 bits per heavy atom. The quantitative estimate of drug-likeness (QED) is 0.583. The molecular weight excluding hydrogens is 180 g/mol. The van der Waals surface area contributed by atoms with Crippen LogP contribution in [-0.2, 0) is 0 Å². The van der Waals surface area contributed by atoms with Crippen molar-refractivity contribution in [2.24, 2.45) is 23.7 Å². The van der Waals surface area contributed by atoms with Gasteiger partial charge in [-0.2, -0.15) is 0 Å². The van der Waals surface area contributed by atoms with Gasteiger partial charge in [-0.1, -0.05) is 38.2 Å². The molecule has 0 aromatic heterocycles. The molecule has 0 aliphatic heterocycles. The van der Waals surface area contributed by atoms with E-state index in [4.69, 9.17) is 2.74 Å². The number of allylic oxidation sites excluding steroid dienone is 4. The second-order valence-corrected chi connectivity index (χ2v) is 5.28. The van der Waals surface area contributed by atoms with Gasteiger partial charge in [0.25, 0.3) is 0 Å². The molecule has 0 saturated heterocycles. The highest BCUT2D eigenvalue weighted by Crippen LogP contribution is 2.33. The lowest BCUT2D eigenvalue weighted by atomic mass is 9.78. The molecule has 6 unspecified atom stereocenters. The van der Waals surface area contributed by atoms with E-state index in [-0.39, 0.29) is 12.8 Å². The van der Waals surface area contributed by atoms with E-state index in [1.54, 1.807) is 0 Å². The summed E-state index contributed by atoms with van der Waals surface area (Å²) in [6, 6.07) is 0. The Hall–Kier alpha value is -0.520. The minimum absolute atomic E-state index is 0.0448. The molecule has 0 bridgehead atoms. The predicted octanol–water partition coefficient (Wildman–Crippen LogP) is 4.58.